The van der Waals surface area contributed by atoms with E-state index in [-0.39, 0.29) is 6.61 Å². The number of carbonyl (C=O) groups excluding carboxylic acids is 1. The Kier molecular flexibility index (Phi) is 6.68. The van der Waals surface area contributed by atoms with Crippen molar-refractivity contribution in [3.05, 3.63) is 23.8 Å². The molecular weight excluding hydrogens is 292 g/mol. The van der Waals surface area contributed by atoms with Crippen molar-refractivity contribution in [2.75, 3.05) is 20.3 Å². The van der Waals surface area contributed by atoms with E-state index in [9.17, 15) is 9.59 Å². The van der Waals surface area contributed by atoms with Crippen molar-refractivity contribution in [3.8, 4) is 11.5 Å². The summed E-state index contributed by atoms with van der Waals surface area (Å²) in [7, 11) is 1.44. The molecule has 0 atom stereocenters. The van der Waals surface area contributed by atoms with Gasteiger partial charge in [0, 0.05) is 5.56 Å². The smallest absolute Gasteiger partial charge is 0.427 e. The molecule has 0 spiro atoms. The highest BCUT2D eigenvalue weighted by molar-refractivity contribution is 5.99. The lowest BCUT2D eigenvalue weighted by molar-refractivity contribution is -0.139. The first-order chi connectivity index (χ1) is 10.5. The Bertz CT molecular complexity index is 570. The van der Waals surface area contributed by atoms with Crippen molar-refractivity contribution in [2.24, 2.45) is 5.10 Å². The van der Waals surface area contributed by atoms with E-state index in [4.69, 9.17) is 14.6 Å². The molecule has 0 aliphatic rings. The van der Waals surface area contributed by atoms with E-state index in [1.807, 2.05) is 0 Å². The van der Waals surface area contributed by atoms with Crippen LogP contribution in [0.1, 0.15) is 19.4 Å². The van der Waals surface area contributed by atoms with Crippen LogP contribution >= 0.6 is 0 Å². The Morgan fingerprint density at radius 3 is 2.64 bits per heavy atom. The number of ether oxygens (including phenoxy) is 3. The predicted octanol–water partition coefficient (Wildman–Crippen LogP) is 1.63. The van der Waals surface area contributed by atoms with Crippen molar-refractivity contribution in [2.45, 2.75) is 13.8 Å². The molecule has 0 aromatic heterocycles. The lowest BCUT2D eigenvalue weighted by Crippen LogP contribution is -2.20. The van der Waals surface area contributed by atoms with Crippen molar-refractivity contribution >= 4 is 17.8 Å². The minimum atomic E-state index is -1.08. The van der Waals surface area contributed by atoms with Gasteiger partial charge in [0.25, 0.3) is 0 Å². The summed E-state index contributed by atoms with van der Waals surface area (Å²) in [4.78, 5) is 21.7. The molecule has 0 heterocycles. The van der Waals surface area contributed by atoms with Gasteiger partial charge in [-0.3, -0.25) is 0 Å². The number of benzene rings is 1. The number of carboxylic acid groups (broad SMARTS) is 1. The van der Waals surface area contributed by atoms with E-state index in [1.54, 1.807) is 32.0 Å². The summed E-state index contributed by atoms with van der Waals surface area (Å²) in [6.45, 7) is 3.17. The Hall–Kier alpha value is -2.77. The highest BCUT2D eigenvalue weighted by Gasteiger charge is 2.09. The maximum absolute atomic E-state index is 11.2. The topological polar surface area (TPSA) is 106 Å². The highest BCUT2D eigenvalue weighted by atomic mass is 16.6. The number of methoxy groups -OCH3 is 1. The van der Waals surface area contributed by atoms with Gasteiger partial charge in [0.05, 0.1) is 19.4 Å². The lowest BCUT2D eigenvalue weighted by atomic mass is 10.1. The maximum Gasteiger partial charge on any atom is 0.427 e. The van der Waals surface area contributed by atoms with Crippen molar-refractivity contribution in [1.29, 1.82) is 0 Å². The summed E-state index contributed by atoms with van der Waals surface area (Å²) < 4.78 is 14.9. The van der Waals surface area contributed by atoms with E-state index < -0.39 is 18.7 Å². The average Bonchev–Trinajstić information content (AvgIpc) is 2.50. The molecule has 2 N–H and O–H groups in total. The highest BCUT2D eigenvalue weighted by Crippen LogP contribution is 2.28. The molecule has 0 unspecified atom stereocenters. The molecule has 0 bridgehead atoms. The van der Waals surface area contributed by atoms with Crippen LogP contribution in [0.2, 0.25) is 0 Å². The van der Waals surface area contributed by atoms with E-state index in [0.717, 1.165) is 0 Å². The third-order valence-corrected chi connectivity index (χ3v) is 2.52. The molecule has 8 heteroatoms. The van der Waals surface area contributed by atoms with Crippen LogP contribution in [0.15, 0.2) is 23.3 Å². The Labute approximate surface area is 127 Å². The monoisotopic (exact) mass is 310 g/mol. The van der Waals surface area contributed by atoms with Crippen LogP contribution in [-0.2, 0) is 9.53 Å². The van der Waals surface area contributed by atoms with Crippen LogP contribution in [-0.4, -0.2) is 43.2 Å². The molecule has 8 nitrogen and oxygen atoms in total. The van der Waals surface area contributed by atoms with Crippen molar-refractivity contribution < 1.29 is 28.9 Å². The summed E-state index contributed by atoms with van der Waals surface area (Å²) in [6.07, 6.45) is -0.643. The number of carboxylic acids is 1. The number of hydrazone groups is 1. The van der Waals surface area contributed by atoms with Crippen LogP contribution in [0.25, 0.3) is 0 Å². The molecule has 1 rings (SSSR count). The summed E-state index contributed by atoms with van der Waals surface area (Å²) >= 11 is 0. The summed E-state index contributed by atoms with van der Waals surface area (Å²) in [5, 5.41) is 12.5. The van der Waals surface area contributed by atoms with Gasteiger partial charge in [-0.05, 0) is 32.0 Å². The van der Waals surface area contributed by atoms with Crippen LogP contribution in [0.3, 0.4) is 0 Å². The standard InChI is InChI=1S/C14H18N2O6/c1-4-21-14(19)16-15-9(2)10-5-6-11(12(7-10)20-3)22-8-13(17)18/h5-7H,4,8H2,1-3H3,(H,16,19)(H,17,18)/b15-9+. The first-order valence-electron chi connectivity index (χ1n) is 6.48. The number of carbonyl (C=O) groups is 2. The van der Waals surface area contributed by atoms with Gasteiger partial charge in [-0.2, -0.15) is 5.10 Å². The van der Waals surface area contributed by atoms with E-state index in [1.165, 1.54) is 7.11 Å². The number of nitrogens with one attached hydrogen (secondary N) is 1. The quantitative estimate of drug-likeness (QED) is 0.585. The largest absolute Gasteiger partial charge is 0.493 e. The molecule has 0 saturated carbocycles. The van der Waals surface area contributed by atoms with Gasteiger partial charge in [0.2, 0.25) is 0 Å². The molecule has 22 heavy (non-hydrogen) atoms. The van der Waals surface area contributed by atoms with Gasteiger partial charge in [-0.25, -0.2) is 15.0 Å². The summed E-state index contributed by atoms with van der Waals surface area (Å²) in [5.74, 6) is -0.410. The van der Waals surface area contributed by atoms with Crippen LogP contribution in [0, 0.1) is 0 Å². The van der Waals surface area contributed by atoms with Gasteiger partial charge >= 0.3 is 12.1 Å². The number of amides is 1. The van der Waals surface area contributed by atoms with Crippen LogP contribution in [0.4, 0.5) is 4.79 Å². The number of hydrogen-bond donors (Lipinski definition) is 2. The molecule has 0 fully saturated rings. The number of nitrogens with zero attached hydrogens (tertiary/aromatic N) is 1. The van der Waals surface area contributed by atoms with Gasteiger partial charge in [-0.15, -0.1) is 0 Å². The number of hydrogen-bond acceptors (Lipinski definition) is 6. The Morgan fingerprint density at radius 2 is 2.05 bits per heavy atom. The molecule has 1 aromatic carbocycles. The first kappa shape index (κ1) is 17.3. The minimum absolute atomic E-state index is 0.254. The summed E-state index contributed by atoms with van der Waals surface area (Å²) in [5.41, 5.74) is 3.45. The number of aliphatic carboxylic acids is 1. The van der Waals surface area contributed by atoms with Crippen molar-refractivity contribution in [1.82, 2.24) is 5.43 Å². The van der Waals surface area contributed by atoms with Crippen LogP contribution < -0.4 is 14.9 Å². The van der Waals surface area contributed by atoms with Gasteiger partial charge in [0.15, 0.2) is 18.1 Å². The SMILES string of the molecule is CCOC(=O)N/N=C(\C)c1ccc(OCC(=O)O)c(OC)c1. The van der Waals surface area contributed by atoms with Gasteiger partial charge < -0.3 is 19.3 Å². The van der Waals surface area contributed by atoms with E-state index in [0.29, 0.717) is 22.8 Å². The molecule has 1 amide bonds. The van der Waals surface area contributed by atoms with Crippen LogP contribution in [0.5, 0.6) is 11.5 Å². The molecule has 0 radical (unpaired) electrons. The third kappa shape index (κ3) is 5.31. The predicted molar refractivity (Wildman–Crippen MR) is 78.5 cm³/mol. The maximum atomic E-state index is 11.2. The van der Waals surface area contributed by atoms with Gasteiger partial charge in [0.1, 0.15) is 0 Å². The molecule has 0 saturated heterocycles. The second kappa shape index (κ2) is 8.50. The Morgan fingerprint density at radius 1 is 1.32 bits per heavy atom. The normalized spacial score (nSPS) is 10.8. The fraction of sp³-hybridized carbons (Fsp3) is 0.357. The van der Waals surface area contributed by atoms with E-state index in [2.05, 4.69) is 15.3 Å². The Balaban J connectivity index is 2.85. The average molecular weight is 310 g/mol. The fourth-order valence-electron chi connectivity index (χ4n) is 1.51. The lowest BCUT2D eigenvalue weighted by Gasteiger charge is -2.11. The minimum Gasteiger partial charge on any atom is -0.493 e. The molecule has 0 aliphatic heterocycles. The summed E-state index contributed by atoms with van der Waals surface area (Å²) in [6, 6.07) is 4.87. The van der Waals surface area contributed by atoms with Gasteiger partial charge in [-0.1, -0.05) is 0 Å². The zero-order valence-corrected chi connectivity index (χ0v) is 12.6. The number of rotatable bonds is 7. The van der Waals surface area contributed by atoms with Crippen molar-refractivity contribution in [3.63, 3.8) is 0 Å². The molecule has 1 aromatic rings. The zero-order chi connectivity index (χ0) is 16.5. The second-order valence-corrected chi connectivity index (χ2v) is 4.08. The first-order valence-corrected chi connectivity index (χ1v) is 6.48. The van der Waals surface area contributed by atoms with E-state index >= 15 is 0 Å². The third-order valence-electron chi connectivity index (χ3n) is 2.52. The molecule has 0 aliphatic carbocycles. The second-order valence-electron chi connectivity index (χ2n) is 4.08. The molecular formula is C14H18N2O6. The fourth-order valence-corrected chi connectivity index (χ4v) is 1.51. The zero-order valence-electron chi connectivity index (χ0n) is 12.6. The molecule has 120 valence electrons.